The van der Waals surface area contributed by atoms with Crippen LogP contribution in [0.15, 0.2) is 12.2 Å². The van der Waals surface area contributed by atoms with Crippen molar-refractivity contribution in [3.8, 4) is 0 Å². The Hall–Kier alpha value is -3.53. The Kier molecular flexibility index (Phi) is 15.3. The van der Waals surface area contributed by atoms with Crippen LogP contribution in [-0.4, -0.2) is 95.7 Å². The van der Waals surface area contributed by atoms with Crippen molar-refractivity contribution in [2.45, 2.75) is 44.3 Å². The van der Waals surface area contributed by atoms with Crippen LogP contribution in [0.5, 0.6) is 0 Å². The zero-order valence-corrected chi connectivity index (χ0v) is 19.2. The first kappa shape index (κ1) is 32.5. The van der Waals surface area contributed by atoms with Crippen LogP contribution in [0.4, 0.5) is 13.2 Å². The van der Waals surface area contributed by atoms with Gasteiger partial charge in [0.05, 0.1) is 25.7 Å². The molecule has 13 nitrogen and oxygen atoms in total. The van der Waals surface area contributed by atoms with E-state index in [9.17, 15) is 37.1 Å². The summed E-state index contributed by atoms with van der Waals surface area (Å²) in [5.41, 5.74) is 5.81. The first-order valence-corrected chi connectivity index (χ1v) is 10.7. The van der Waals surface area contributed by atoms with Crippen molar-refractivity contribution in [3.05, 3.63) is 12.2 Å². The number of amides is 4. The number of unbranched alkanes of at least 4 members (excludes halogenated alkanes) is 1. The quantitative estimate of drug-likeness (QED) is 0.132. The summed E-state index contributed by atoms with van der Waals surface area (Å²) in [5.74, 6) is -5.06. The van der Waals surface area contributed by atoms with E-state index >= 15 is 0 Å². The Morgan fingerprint density at radius 1 is 0.972 bits per heavy atom. The summed E-state index contributed by atoms with van der Waals surface area (Å²) in [4.78, 5) is 66.5. The maximum Gasteiger partial charge on any atom is 0.490 e. The molecule has 6 N–H and O–H groups in total. The van der Waals surface area contributed by atoms with Crippen LogP contribution in [0.2, 0.25) is 0 Å². The topological polar surface area (TPSA) is 205 Å². The highest BCUT2D eigenvalue weighted by Gasteiger charge is 2.38. The number of ether oxygens (including phenoxy) is 1. The summed E-state index contributed by atoms with van der Waals surface area (Å²) < 4.78 is 36.8. The van der Waals surface area contributed by atoms with E-state index in [0.717, 1.165) is 4.90 Å². The lowest BCUT2D eigenvalue weighted by Crippen LogP contribution is -2.44. The van der Waals surface area contributed by atoms with Gasteiger partial charge in [0.1, 0.15) is 0 Å². The summed E-state index contributed by atoms with van der Waals surface area (Å²) in [6.07, 6.45) is -0.947. The minimum Gasteiger partial charge on any atom is -0.481 e. The SMILES string of the molecule is N[C@@H](CCCCNC(=O)CCOCCC(=O)O)C(=O)NCCN1C(=O)C=CC1=O.O=C(O)C(F)(F)F. The van der Waals surface area contributed by atoms with E-state index in [-0.39, 0.29) is 51.0 Å². The van der Waals surface area contributed by atoms with Crippen molar-refractivity contribution in [2.75, 3.05) is 32.8 Å². The summed E-state index contributed by atoms with van der Waals surface area (Å²) in [5, 5.41) is 20.9. The number of alkyl halides is 3. The van der Waals surface area contributed by atoms with Crippen molar-refractivity contribution in [2.24, 2.45) is 5.73 Å². The summed E-state index contributed by atoms with van der Waals surface area (Å²) >= 11 is 0. The smallest absolute Gasteiger partial charge is 0.481 e. The molecule has 0 aromatic heterocycles. The Labute approximate surface area is 203 Å². The molecule has 1 atom stereocenters. The summed E-state index contributed by atoms with van der Waals surface area (Å²) in [7, 11) is 0. The molecule has 0 radical (unpaired) electrons. The zero-order valence-electron chi connectivity index (χ0n) is 19.2. The minimum atomic E-state index is -5.08. The third-order valence-corrected chi connectivity index (χ3v) is 4.31. The monoisotopic (exact) mass is 526 g/mol. The lowest BCUT2D eigenvalue weighted by molar-refractivity contribution is -0.192. The second-order valence-corrected chi connectivity index (χ2v) is 7.21. The van der Waals surface area contributed by atoms with E-state index in [4.69, 9.17) is 25.5 Å². The average molecular weight is 526 g/mol. The number of rotatable bonds is 15. The van der Waals surface area contributed by atoms with E-state index < -0.39 is 36.0 Å². The summed E-state index contributed by atoms with van der Waals surface area (Å²) in [6, 6.07) is -0.712. The van der Waals surface area contributed by atoms with Gasteiger partial charge in [-0.3, -0.25) is 28.9 Å². The minimum absolute atomic E-state index is 0.0735. The predicted octanol–water partition coefficient (Wildman–Crippen LogP) is -0.844. The second kappa shape index (κ2) is 17.0. The normalized spacial score (nSPS) is 13.6. The molecule has 0 bridgehead atoms. The van der Waals surface area contributed by atoms with E-state index in [1.807, 2.05) is 0 Å². The Morgan fingerprint density at radius 2 is 1.53 bits per heavy atom. The van der Waals surface area contributed by atoms with Gasteiger partial charge in [0, 0.05) is 38.2 Å². The number of aliphatic carboxylic acids is 2. The van der Waals surface area contributed by atoms with Gasteiger partial charge in [0.2, 0.25) is 11.8 Å². The number of imide groups is 1. The Morgan fingerprint density at radius 3 is 2.06 bits per heavy atom. The van der Waals surface area contributed by atoms with Crippen molar-refractivity contribution in [1.29, 1.82) is 0 Å². The van der Waals surface area contributed by atoms with E-state index in [1.54, 1.807) is 0 Å². The van der Waals surface area contributed by atoms with E-state index in [1.165, 1.54) is 12.2 Å². The number of carbonyl (C=O) groups is 6. The van der Waals surface area contributed by atoms with Gasteiger partial charge >= 0.3 is 18.1 Å². The first-order valence-electron chi connectivity index (χ1n) is 10.7. The van der Waals surface area contributed by atoms with Crippen molar-refractivity contribution < 1.29 is 56.9 Å². The van der Waals surface area contributed by atoms with Crippen LogP contribution in [0, 0.1) is 0 Å². The molecule has 204 valence electrons. The maximum atomic E-state index is 11.9. The number of carboxylic acids is 2. The average Bonchev–Trinajstić information content (AvgIpc) is 3.10. The number of halogens is 3. The lowest BCUT2D eigenvalue weighted by atomic mass is 10.1. The molecular weight excluding hydrogens is 497 g/mol. The second-order valence-electron chi connectivity index (χ2n) is 7.21. The molecule has 4 amide bonds. The van der Waals surface area contributed by atoms with Crippen LogP contribution >= 0.6 is 0 Å². The van der Waals surface area contributed by atoms with Crippen LogP contribution in [0.25, 0.3) is 0 Å². The van der Waals surface area contributed by atoms with Crippen molar-refractivity contribution in [1.82, 2.24) is 15.5 Å². The van der Waals surface area contributed by atoms with Gasteiger partial charge in [-0.05, 0) is 19.3 Å². The Bertz CT molecular complexity index is 801. The number of nitrogens with one attached hydrogen (secondary N) is 2. The van der Waals surface area contributed by atoms with Gasteiger partial charge in [0.25, 0.3) is 11.8 Å². The van der Waals surface area contributed by atoms with Gasteiger partial charge in [-0.15, -0.1) is 0 Å². The molecule has 0 saturated heterocycles. The molecule has 36 heavy (non-hydrogen) atoms. The van der Waals surface area contributed by atoms with Crippen LogP contribution in [0.1, 0.15) is 32.1 Å². The molecule has 0 fully saturated rings. The van der Waals surface area contributed by atoms with Gasteiger partial charge < -0.3 is 31.3 Å². The molecule has 0 aliphatic carbocycles. The van der Waals surface area contributed by atoms with Crippen LogP contribution < -0.4 is 16.4 Å². The Balaban J connectivity index is 0.00000152. The predicted molar refractivity (Wildman–Crippen MR) is 115 cm³/mol. The van der Waals surface area contributed by atoms with Crippen LogP contribution in [0.3, 0.4) is 0 Å². The molecule has 0 spiro atoms. The highest BCUT2D eigenvalue weighted by molar-refractivity contribution is 6.12. The number of hydrogen-bond donors (Lipinski definition) is 5. The third kappa shape index (κ3) is 15.4. The highest BCUT2D eigenvalue weighted by atomic mass is 19.4. The van der Waals surface area contributed by atoms with E-state index in [0.29, 0.717) is 25.8 Å². The lowest BCUT2D eigenvalue weighted by Gasteiger charge is -2.16. The molecule has 0 aromatic rings. The third-order valence-electron chi connectivity index (χ3n) is 4.31. The molecular formula is C20H29F3N4O9. The fourth-order valence-corrected chi connectivity index (χ4v) is 2.44. The van der Waals surface area contributed by atoms with Crippen molar-refractivity contribution in [3.63, 3.8) is 0 Å². The van der Waals surface area contributed by atoms with Crippen molar-refractivity contribution >= 4 is 35.6 Å². The summed E-state index contributed by atoms with van der Waals surface area (Å²) in [6.45, 7) is 0.902. The van der Waals surface area contributed by atoms with E-state index in [2.05, 4.69) is 10.6 Å². The molecule has 0 saturated carbocycles. The molecule has 1 aliphatic rings. The largest absolute Gasteiger partial charge is 0.490 e. The molecule has 0 aromatic carbocycles. The molecule has 1 heterocycles. The highest BCUT2D eigenvalue weighted by Crippen LogP contribution is 2.13. The number of carbonyl (C=O) groups excluding carboxylic acids is 4. The van der Waals surface area contributed by atoms with Crippen LogP contribution in [-0.2, 0) is 33.5 Å². The molecule has 1 aliphatic heterocycles. The number of hydrogen-bond acceptors (Lipinski definition) is 8. The molecule has 1 rings (SSSR count). The number of carboxylic acid groups (broad SMARTS) is 2. The maximum absolute atomic E-state index is 11.9. The molecule has 16 heteroatoms. The molecule has 0 unspecified atom stereocenters. The number of nitrogens with zero attached hydrogens (tertiary/aromatic N) is 1. The first-order chi connectivity index (χ1) is 16.8. The van der Waals surface area contributed by atoms with Gasteiger partial charge in [0.15, 0.2) is 0 Å². The van der Waals surface area contributed by atoms with Gasteiger partial charge in [-0.2, -0.15) is 13.2 Å². The fraction of sp³-hybridized carbons (Fsp3) is 0.600. The van der Waals surface area contributed by atoms with Gasteiger partial charge in [-0.25, -0.2) is 4.79 Å². The standard InChI is InChI=1S/C18H28N4O7.C2HF3O2/c19-13(18(28)21-9-10-22-15(24)4-5-16(22)25)3-1-2-8-20-14(23)6-11-29-12-7-17(26)27;3-2(4,5)1(6)7/h4-5,13H,1-3,6-12,19H2,(H,20,23)(H,21,28)(H,26,27);(H,6,7)/t13-;/m0./s1. The number of nitrogens with two attached hydrogens (primary N) is 1. The fourth-order valence-electron chi connectivity index (χ4n) is 2.44. The van der Waals surface area contributed by atoms with Gasteiger partial charge in [-0.1, -0.05) is 0 Å². The zero-order chi connectivity index (χ0) is 27.7.